The second kappa shape index (κ2) is 7.27. The largest absolute Gasteiger partial charge is 0.244 e. The van der Waals surface area contributed by atoms with Crippen LogP contribution in [0.2, 0.25) is 5.02 Å². The van der Waals surface area contributed by atoms with Crippen LogP contribution >= 0.6 is 22.9 Å². The van der Waals surface area contributed by atoms with Crippen molar-refractivity contribution in [3.8, 4) is 10.6 Å². The van der Waals surface area contributed by atoms with Crippen LogP contribution in [0.5, 0.6) is 0 Å². The van der Waals surface area contributed by atoms with Crippen LogP contribution in [0, 0.1) is 0 Å². The smallest absolute Gasteiger partial charge is 0.236 e. The molecule has 2 aromatic carbocycles. The van der Waals surface area contributed by atoms with Gasteiger partial charge in [0.2, 0.25) is 10.0 Å². The van der Waals surface area contributed by atoms with Crippen molar-refractivity contribution in [2.45, 2.75) is 30.6 Å². The van der Waals surface area contributed by atoms with Crippen LogP contribution in [-0.4, -0.2) is 30.8 Å². The van der Waals surface area contributed by atoms with E-state index in [1.165, 1.54) is 0 Å². The minimum atomic E-state index is -3.60. The second-order valence-corrected chi connectivity index (χ2v) is 9.79. The van der Waals surface area contributed by atoms with Gasteiger partial charge in [-0.05, 0) is 37.1 Å². The Kier molecular flexibility index (Phi) is 5.01. The fourth-order valence-electron chi connectivity index (χ4n) is 3.25. The molecule has 4 nitrogen and oxygen atoms in total. The van der Waals surface area contributed by atoms with E-state index in [0.29, 0.717) is 13.1 Å². The Balaban J connectivity index is 1.76. The monoisotopic (exact) mass is 406 g/mol. The average Bonchev–Trinajstić information content (AvgIpc) is 2.87. The Morgan fingerprint density at radius 1 is 1.00 bits per heavy atom. The standard InChI is InChI=1S/C19H19ClN2O2S2/c20-15-10-9-14(19-21-16-7-3-4-8-17(16)25-19)13-18(15)26(23,24)22-11-5-1-2-6-12-22/h3-4,7-10,13H,1-2,5-6,11-12H2. The molecule has 0 amide bonds. The third-order valence-corrected chi connectivity index (χ3v) is 8.12. The lowest BCUT2D eigenvalue weighted by Gasteiger charge is -2.20. The molecule has 1 aromatic heterocycles. The molecule has 1 aliphatic rings. The molecule has 26 heavy (non-hydrogen) atoms. The number of halogens is 1. The number of thiazole rings is 1. The highest BCUT2D eigenvalue weighted by atomic mass is 35.5. The van der Waals surface area contributed by atoms with E-state index in [1.807, 2.05) is 30.3 Å². The molecule has 0 unspecified atom stereocenters. The zero-order chi connectivity index (χ0) is 18.1. The molecule has 136 valence electrons. The highest BCUT2D eigenvalue weighted by Gasteiger charge is 2.28. The number of aromatic nitrogens is 1. The molecule has 4 rings (SSSR count). The van der Waals surface area contributed by atoms with Crippen molar-refractivity contribution >= 4 is 43.2 Å². The molecule has 7 heteroatoms. The number of fused-ring (bicyclic) bond motifs is 1. The van der Waals surface area contributed by atoms with Gasteiger partial charge in [0, 0.05) is 18.7 Å². The fraction of sp³-hybridized carbons (Fsp3) is 0.316. The van der Waals surface area contributed by atoms with Crippen molar-refractivity contribution in [3.63, 3.8) is 0 Å². The van der Waals surface area contributed by atoms with Crippen molar-refractivity contribution in [1.29, 1.82) is 0 Å². The minimum Gasteiger partial charge on any atom is -0.236 e. The first-order valence-corrected chi connectivity index (χ1v) is 11.3. The highest BCUT2D eigenvalue weighted by molar-refractivity contribution is 7.89. The predicted molar refractivity (Wildman–Crippen MR) is 107 cm³/mol. The highest BCUT2D eigenvalue weighted by Crippen LogP contribution is 2.34. The van der Waals surface area contributed by atoms with Gasteiger partial charge < -0.3 is 0 Å². The number of sulfonamides is 1. The maximum Gasteiger partial charge on any atom is 0.244 e. The number of hydrogen-bond acceptors (Lipinski definition) is 4. The van der Waals surface area contributed by atoms with Crippen LogP contribution in [0.1, 0.15) is 25.7 Å². The molecular weight excluding hydrogens is 388 g/mol. The van der Waals surface area contributed by atoms with Gasteiger partial charge in [-0.2, -0.15) is 4.31 Å². The number of benzene rings is 2. The summed E-state index contributed by atoms with van der Waals surface area (Å²) in [7, 11) is -3.60. The second-order valence-electron chi connectivity index (χ2n) is 6.45. The Morgan fingerprint density at radius 2 is 1.73 bits per heavy atom. The van der Waals surface area contributed by atoms with Crippen molar-refractivity contribution in [3.05, 3.63) is 47.5 Å². The fourth-order valence-corrected chi connectivity index (χ4v) is 6.23. The molecule has 0 bridgehead atoms. The molecule has 1 aliphatic heterocycles. The van der Waals surface area contributed by atoms with Crippen molar-refractivity contribution in [2.24, 2.45) is 0 Å². The summed E-state index contributed by atoms with van der Waals surface area (Å²) >= 11 is 7.84. The molecule has 0 atom stereocenters. The SMILES string of the molecule is O=S(=O)(c1cc(-c2nc3ccccc3s2)ccc1Cl)N1CCCCCC1. The van der Waals surface area contributed by atoms with E-state index in [1.54, 1.807) is 27.8 Å². The number of rotatable bonds is 3. The van der Waals surface area contributed by atoms with Gasteiger partial charge in [-0.25, -0.2) is 13.4 Å². The van der Waals surface area contributed by atoms with E-state index in [2.05, 4.69) is 4.98 Å². The van der Waals surface area contributed by atoms with Gasteiger partial charge in [0.25, 0.3) is 0 Å². The number of hydrogen-bond donors (Lipinski definition) is 0. The third-order valence-electron chi connectivity index (χ3n) is 4.65. The average molecular weight is 407 g/mol. The first-order chi connectivity index (χ1) is 12.6. The van der Waals surface area contributed by atoms with Gasteiger partial charge in [0.15, 0.2) is 0 Å². The van der Waals surface area contributed by atoms with Crippen LogP contribution in [0.25, 0.3) is 20.8 Å². The Bertz CT molecular complexity index is 1010. The Labute approximate surface area is 162 Å². The molecular formula is C19H19ClN2O2S2. The van der Waals surface area contributed by atoms with E-state index in [9.17, 15) is 8.42 Å². The topological polar surface area (TPSA) is 50.3 Å². The summed E-state index contributed by atoms with van der Waals surface area (Å²) in [6.45, 7) is 1.12. The van der Waals surface area contributed by atoms with Crippen molar-refractivity contribution in [2.75, 3.05) is 13.1 Å². The van der Waals surface area contributed by atoms with Crippen molar-refractivity contribution in [1.82, 2.24) is 9.29 Å². The van der Waals surface area contributed by atoms with Crippen LogP contribution < -0.4 is 0 Å². The first kappa shape index (κ1) is 17.9. The molecule has 0 aliphatic carbocycles. The van der Waals surface area contributed by atoms with Crippen molar-refractivity contribution < 1.29 is 8.42 Å². The quantitative estimate of drug-likeness (QED) is 0.602. The van der Waals surface area contributed by atoms with Gasteiger partial charge in [-0.1, -0.05) is 42.6 Å². The summed E-state index contributed by atoms with van der Waals surface area (Å²) < 4.78 is 28.9. The van der Waals surface area contributed by atoms with Gasteiger partial charge >= 0.3 is 0 Å². The van der Waals surface area contributed by atoms with Gasteiger partial charge in [0.05, 0.1) is 15.2 Å². The van der Waals surface area contributed by atoms with E-state index >= 15 is 0 Å². The Morgan fingerprint density at radius 3 is 2.46 bits per heavy atom. The van der Waals surface area contributed by atoms with E-state index in [4.69, 9.17) is 11.6 Å². The lowest BCUT2D eigenvalue weighted by atomic mass is 10.2. The molecule has 0 spiro atoms. The Hall–Kier alpha value is -1.47. The van der Waals surface area contributed by atoms with E-state index < -0.39 is 10.0 Å². The summed E-state index contributed by atoms with van der Waals surface area (Å²) in [5.41, 5.74) is 1.70. The molecule has 3 aromatic rings. The maximum absolute atomic E-state index is 13.1. The normalized spacial score (nSPS) is 16.7. The van der Waals surface area contributed by atoms with E-state index in [0.717, 1.165) is 46.5 Å². The van der Waals surface area contributed by atoms with Gasteiger partial charge in [0.1, 0.15) is 9.90 Å². The molecule has 1 fully saturated rings. The molecule has 1 saturated heterocycles. The molecule has 0 radical (unpaired) electrons. The number of nitrogens with zero attached hydrogens (tertiary/aromatic N) is 2. The molecule has 2 heterocycles. The summed E-state index contributed by atoms with van der Waals surface area (Å²) in [6, 6.07) is 13.1. The predicted octanol–water partition coefficient (Wildman–Crippen LogP) is 5.18. The summed E-state index contributed by atoms with van der Waals surface area (Å²) in [5, 5.41) is 1.06. The summed E-state index contributed by atoms with van der Waals surface area (Å²) in [6.07, 6.45) is 3.94. The van der Waals surface area contributed by atoms with Crippen LogP contribution in [0.4, 0.5) is 0 Å². The lowest BCUT2D eigenvalue weighted by molar-refractivity contribution is 0.424. The summed E-state index contributed by atoms with van der Waals surface area (Å²) in [5.74, 6) is 0. The minimum absolute atomic E-state index is 0.179. The zero-order valence-electron chi connectivity index (χ0n) is 14.2. The van der Waals surface area contributed by atoms with E-state index in [-0.39, 0.29) is 9.92 Å². The van der Waals surface area contributed by atoms with Crippen LogP contribution in [0.15, 0.2) is 47.4 Å². The summed E-state index contributed by atoms with van der Waals surface area (Å²) in [4.78, 5) is 4.81. The lowest BCUT2D eigenvalue weighted by Crippen LogP contribution is -2.32. The number of para-hydroxylation sites is 1. The molecule has 0 N–H and O–H groups in total. The molecule has 0 saturated carbocycles. The third kappa shape index (κ3) is 3.39. The zero-order valence-corrected chi connectivity index (χ0v) is 16.6. The van der Waals surface area contributed by atoms with Gasteiger partial charge in [-0.3, -0.25) is 0 Å². The van der Waals surface area contributed by atoms with Crippen LogP contribution in [0.3, 0.4) is 0 Å². The van der Waals surface area contributed by atoms with Crippen LogP contribution in [-0.2, 0) is 10.0 Å². The maximum atomic E-state index is 13.1. The first-order valence-electron chi connectivity index (χ1n) is 8.71. The van der Waals surface area contributed by atoms with Gasteiger partial charge in [-0.15, -0.1) is 11.3 Å².